The third-order valence-corrected chi connectivity index (χ3v) is 4.33. The quantitative estimate of drug-likeness (QED) is 0.794. The van der Waals surface area contributed by atoms with Crippen molar-refractivity contribution in [2.45, 2.75) is 38.3 Å². The molecule has 1 aliphatic rings. The van der Waals surface area contributed by atoms with Crippen LogP contribution in [0.5, 0.6) is 0 Å². The molecular formula is C13H22N2S. The van der Waals surface area contributed by atoms with Crippen LogP contribution in [0.4, 0.5) is 0 Å². The van der Waals surface area contributed by atoms with E-state index in [1.807, 2.05) is 11.3 Å². The zero-order valence-electron chi connectivity index (χ0n) is 10.1. The maximum Gasteiger partial charge on any atom is 0.0299 e. The predicted molar refractivity (Wildman–Crippen MR) is 70.9 cm³/mol. The average molecular weight is 238 g/mol. The molecule has 2 heterocycles. The number of hydrogen-bond donors (Lipinski definition) is 1. The Bertz CT molecular complexity index is 284. The van der Waals surface area contributed by atoms with Gasteiger partial charge in [0, 0.05) is 17.5 Å². The van der Waals surface area contributed by atoms with E-state index in [0.717, 1.165) is 19.1 Å². The molecule has 3 heteroatoms. The van der Waals surface area contributed by atoms with Crippen molar-refractivity contribution in [1.29, 1.82) is 0 Å². The molecule has 1 unspecified atom stereocenters. The summed E-state index contributed by atoms with van der Waals surface area (Å²) >= 11 is 1.84. The van der Waals surface area contributed by atoms with Crippen LogP contribution >= 0.6 is 11.3 Å². The van der Waals surface area contributed by atoms with Gasteiger partial charge in [-0.25, -0.2) is 0 Å². The summed E-state index contributed by atoms with van der Waals surface area (Å²) in [6.45, 7) is 3.47. The minimum absolute atomic E-state index is 0.810. The molecule has 1 aromatic heterocycles. The fraction of sp³-hybridized carbons (Fsp3) is 0.692. The first-order valence-electron chi connectivity index (χ1n) is 6.29. The van der Waals surface area contributed by atoms with E-state index in [4.69, 9.17) is 0 Å². The largest absolute Gasteiger partial charge is 0.312 e. The van der Waals surface area contributed by atoms with Crippen LogP contribution < -0.4 is 5.32 Å². The molecule has 90 valence electrons. The molecule has 1 fully saturated rings. The van der Waals surface area contributed by atoms with Gasteiger partial charge in [0.1, 0.15) is 0 Å². The molecule has 0 bridgehead atoms. The number of likely N-dealkylation sites (tertiary alicyclic amines) is 1. The third kappa shape index (κ3) is 3.58. The summed E-state index contributed by atoms with van der Waals surface area (Å²) in [5.41, 5.74) is 0. The van der Waals surface area contributed by atoms with Crippen molar-refractivity contribution in [3.8, 4) is 0 Å². The van der Waals surface area contributed by atoms with Gasteiger partial charge in [-0.1, -0.05) is 12.5 Å². The Labute approximate surface area is 103 Å². The van der Waals surface area contributed by atoms with Crippen LogP contribution in [0.3, 0.4) is 0 Å². The Balaban J connectivity index is 1.60. The van der Waals surface area contributed by atoms with E-state index >= 15 is 0 Å². The van der Waals surface area contributed by atoms with E-state index in [9.17, 15) is 0 Å². The number of piperidine rings is 1. The topological polar surface area (TPSA) is 15.3 Å². The van der Waals surface area contributed by atoms with Gasteiger partial charge in [-0.15, -0.1) is 11.3 Å². The zero-order valence-corrected chi connectivity index (χ0v) is 10.9. The SMILES string of the molecule is CN1CCCCC1CCNCc1cccs1. The Morgan fingerprint density at radius 3 is 3.19 bits per heavy atom. The van der Waals surface area contributed by atoms with E-state index in [2.05, 4.69) is 34.8 Å². The molecule has 1 aliphatic heterocycles. The summed E-state index contributed by atoms with van der Waals surface area (Å²) in [5.74, 6) is 0. The average Bonchev–Trinajstić information content (AvgIpc) is 2.79. The Morgan fingerprint density at radius 2 is 2.44 bits per heavy atom. The molecule has 1 atom stereocenters. The highest BCUT2D eigenvalue weighted by molar-refractivity contribution is 7.09. The summed E-state index contributed by atoms with van der Waals surface area (Å²) < 4.78 is 0. The second kappa shape index (κ2) is 6.38. The highest BCUT2D eigenvalue weighted by Crippen LogP contribution is 2.17. The molecule has 0 aliphatic carbocycles. The van der Waals surface area contributed by atoms with Gasteiger partial charge >= 0.3 is 0 Å². The maximum absolute atomic E-state index is 3.54. The lowest BCUT2D eigenvalue weighted by atomic mass is 10.0. The summed E-state index contributed by atoms with van der Waals surface area (Å²) in [6, 6.07) is 5.13. The lowest BCUT2D eigenvalue weighted by Crippen LogP contribution is -2.38. The van der Waals surface area contributed by atoms with Crippen LogP contribution in [0.1, 0.15) is 30.6 Å². The van der Waals surface area contributed by atoms with Gasteiger partial charge in [0.15, 0.2) is 0 Å². The van der Waals surface area contributed by atoms with E-state index in [1.165, 1.54) is 37.1 Å². The molecule has 0 spiro atoms. The summed E-state index contributed by atoms with van der Waals surface area (Å²) in [7, 11) is 2.27. The Hall–Kier alpha value is -0.380. The minimum Gasteiger partial charge on any atom is -0.312 e. The van der Waals surface area contributed by atoms with Gasteiger partial charge in [0.25, 0.3) is 0 Å². The van der Waals surface area contributed by atoms with Crippen LogP contribution in [0.25, 0.3) is 0 Å². The molecule has 2 nitrogen and oxygen atoms in total. The molecule has 1 saturated heterocycles. The second-order valence-corrected chi connectivity index (χ2v) is 5.71. The van der Waals surface area contributed by atoms with Crippen molar-refractivity contribution >= 4 is 11.3 Å². The van der Waals surface area contributed by atoms with Crippen LogP contribution in [-0.2, 0) is 6.54 Å². The monoisotopic (exact) mass is 238 g/mol. The van der Waals surface area contributed by atoms with Crippen LogP contribution in [0, 0.1) is 0 Å². The Morgan fingerprint density at radius 1 is 1.50 bits per heavy atom. The van der Waals surface area contributed by atoms with Crippen molar-refractivity contribution < 1.29 is 0 Å². The first-order valence-corrected chi connectivity index (χ1v) is 7.17. The summed E-state index contributed by atoms with van der Waals surface area (Å²) in [5, 5.41) is 5.68. The molecule has 0 aromatic carbocycles. The van der Waals surface area contributed by atoms with E-state index in [0.29, 0.717) is 0 Å². The normalized spacial score (nSPS) is 22.4. The van der Waals surface area contributed by atoms with Gasteiger partial charge in [-0.3, -0.25) is 0 Å². The molecule has 0 saturated carbocycles. The molecular weight excluding hydrogens is 216 g/mol. The first kappa shape index (κ1) is 12.1. The van der Waals surface area contributed by atoms with Crippen LogP contribution in [-0.4, -0.2) is 31.1 Å². The van der Waals surface area contributed by atoms with Crippen LogP contribution in [0.15, 0.2) is 17.5 Å². The standard InChI is InChI=1S/C13H22N2S/c1-15-9-3-2-5-12(15)7-8-14-11-13-6-4-10-16-13/h4,6,10,12,14H,2-3,5,7-9,11H2,1H3. The van der Waals surface area contributed by atoms with Crippen LogP contribution in [0.2, 0.25) is 0 Å². The molecule has 1 N–H and O–H groups in total. The van der Waals surface area contributed by atoms with Crippen molar-refractivity contribution in [2.24, 2.45) is 0 Å². The summed E-state index contributed by atoms with van der Waals surface area (Å²) in [6.07, 6.45) is 5.48. The van der Waals surface area contributed by atoms with E-state index in [1.54, 1.807) is 0 Å². The van der Waals surface area contributed by atoms with Crippen molar-refractivity contribution in [1.82, 2.24) is 10.2 Å². The van der Waals surface area contributed by atoms with Gasteiger partial charge in [0.05, 0.1) is 0 Å². The molecule has 0 radical (unpaired) electrons. The molecule has 16 heavy (non-hydrogen) atoms. The number of thiophene rings is 1. The van der Waals surface area contributed by atoms with Crippen molar-refractivity contribution in [2.75, 3.05) is 20.1 Å². The lowest BCUT2D eigenvalue weighted by molar-refractivity contribution is 0.175. The number of nitrogens with zero attached hydrogens (tertiary/aromatic N) is 1. The number of rotatable bonds is 5. The minimum atomic E-state index is 0.810. The zero-order chi connectivity index (χ0) is 11.2. The van der Waals surface area contributed by atoms with Gasteiger partial charge in [-0.05, 0) is 50.8 Å². The van der Waals surface area contributed by atoms with Gasteiger partial charge in [-0.2, -0.15) is 0 Å². The van der Waals surface area contributed by atoms with E-state index in [-0.39, 0.29) is 0 Å². The highest BCUT2D eigenvalue weighted by Gasteiger charge is 2.17. The van der Waals surface area contributed by atoms with E-state index < -0.39 is 0 Å². The molecule has 0 amide bonds. The molecule has 1 aromatic rings. The maximum atomic E-state index is 3.54. The van der Waals surface area contributed by atoms with Crippen molar-refractivity contribution in [3.63, 3.8) is 0 Å². The number of nitrogens with one attached hydrogen (secondary N) is 1. The van der Waals surface area contributed by atoms with Crippen molar-refractivity contribution in [3.05, 3.63) is 22.4 Å². The van der Waals surface area contributed by atoms with Gasteiger partial charge in [0.2, 0.25) is 0 Å². The second-order valence-electron chi connectivity index (χ2n) is 4.68. The first-order chi connectivity index (χ1) is 7.86. The smallest absolute Gasteiger partial charge is 0.0299 e. The highest BCUT2D eigenvalue weighted by atomic mass is 32.1. The lowest BCUT2D eigenvalue weighted by Gasteiger charge is -2.32. The predicted octanol–water partition coefficient (Wildman–Crippen LogP) is 2.71. The third-order valence-electron chi connectivity index (χ3n) is 3.46. The van der Waals surface area contributed by atoms with Gasteiger partial charge < -0.3 is 10.2 Å². The molecule has 2 rings (SSSR count). The fourth-order valence-electron chi connectivity index (χ4n) is 2.40. The Kier molecular flexibility index (Phi) is 4.82. The summed E-state index contributed by atoms with van der Waals surface area (Å²) in [4.78, 5) is 3.97. The fourth-order valence-corrected chi connectivity index (χ4v) is 3.08. The number of hydrogen-bond acceptors (Lipinski definition) is 3.